The minimum Gasteiger partial charge on any atom is -0.494 e. The summed E-state index contributed by atoms with van der Waals surface area (Å²) in [5, 5.41) is 2.67. The van der Waals surface area contributed by atoms with E-state index in [-0.39, 0.29) is 0 Å². The third-order valence-corrected chi connectivity index (χ3v) is 6.64. The SMILES string of the molecule is CCCCCCOc1ccc2cc([C@H]3CC[C@H](CCCCC)CC3)ccc2c1. The summed E-state index contributed by atoms with van der Waals surface area (Å²) in [6, 6.07) is 13.7. The number of hydrogen-bond donors (Lipinski definition) is 0. The summed E-state index contributed by atoms with van der Waals surface area (Å²) in [6.07, 6.45) is 16.3. The Morgan fingerprint density at radius 1 is 0.750 bits per heavy atom. The summed E-state index contributed by atoms with van der Waals surface area (Å²) in [6.45, 7) is 5.39. The van der Waals surface area contributed by atoms with Crippen molar-refractivity contribution in [2.45, 2.75) is 96.8 Å². The molecule has 2 aromatic carbocycles. The maximum absolute atomic E-state index is 5.96. The standard InChI is InChI=1S/C27H40O/c1-3-5-7-9-19-28-27-18-17-25-20-24(15-16-26(25)21-27)23-13-11-22(12-14-23)10-8-6-4-2/h15-18,20-23H,3-14,19H2,1-2H3/t22-,23-. The van der Waals surface area contributed by atoms with Crippen molar-refractivity contribution in [1.82, 2.24) is 0 Å². The second-order valence-electron chi connectivity index (χ2n) is 8.89. The van der Waals surface area contributed by atoms with Gasteiger partial charge in [-0.25, -0.2) is 0 Å². The van der Waals surface area contributed by atoms with Gasteiger partial charge in [-0.15, -0.1) is 0 Å². The number of hydrogen-bond acceptors (Lipinski definition) is 1. The van der Waals surface area contributed by atoms with Crippen LogP contribution in [0.5, 0.6) is 5.75 Å². The topological polar surface area (TPSA) is 9.23 Å². The minimum atomic E-state index is 0.765. The van der Waals surface area contributed by atoms with Crippen LogP contribution in [0.25, 0.3) is 10.8 Å². The smallest absolute Gasteiger partial charge is 0.119 e. The van der Waals surface area contributed by atoms with E-state index in [1.54, 1.807) is 5.56 Å². The van der Waals surface area contributed by atoms with Gasteiger partial charge in [-0.3, -0.25) is 0 Å². The maximum Gasteiger partial charge on any atom is 0.119 e. The molecule has 1 saturated carbocycles. The molecule has 0 amide bonds. The lowest BCUT2D eigenvalue weighted by Crippen LogP contribution is -2.13. The van der Waals surface area contributed by atoms with Crippen molar-refractivity contribution < 1.29 is 4.74 Å². The highest BCUT2D eigenvalue weighted by molar-refractivity contribution is 5.84. The normalized spacial score (nSPS) is 19.8. The molecule has 0 radical (unpaired) electrons. The molecule has 1 nitrogen and oxygen atoms in total. The Kier molecular flexibility index (Phi) is 8.70. The van der Waals surface area contributed by atoms with Gasteiger partial charge < -0.3 is 4.74 Å². The Bertz CT molecular complexity index is 696. The van der Waals surface area contributed by atoms with Crippen LogP contribution in [0.3, 0.4) is 0 Å². The van der Waals surface area contributed by atoms with E-state index >= 15 is 0 Å². The van der Waals surface area contributed by atoms with E-state index < -0.39 is 0 Å². The molecule has 0 atom stereocenters. The molecule has 28 heavy (non-hydrogen) atoms. The van der Waals surface area contributed by atoms with Crippen LogP contribution in [0.15, 0.2) is 36.4 Å². The van der Waals surface area contributed by atoms with E-state index in [0.29, 0.717) is 0 Å². The average molecular weight is 381 g/mol. The third-order valence-electron chi connectivity index (χ3n) is 6.64. The summed E-state index contributed by atoms with van der Waals surface area (Å²) in [5.74, 6) is 2.77. The number of fused-ring (bicyclic) bond motifs is 1. The summed E-state index contributed by atoms with van der Waals surface area (Å²) < 4.78 is 5.96. The van der Waals surface area contributed by atoms with Crippen molar-refractivity contribution in [3.8, 4) is 5.75 Å². The zero-order valence-electron chi connectivity index (χ0n) is 18.2. The van der Waals surface area contributed by atoms with Gasteiger partial charge in [0.15, 0.2) is 0 Å². The minimum absolute atomic E-state index is 0.765. The average Bonchev–Trinajstić information content (AvgIpc) is 2.74. The summed E-state index contributed by atoms with van der Waals surface area (Å²) in [7, 11) is 0. The molecule has 0 aliphatic heterocycles. The number of benzene rings is 2. The first-order chi connectivity index (χ1) is 13.8. The summed E-state index contributed by atoms with van der Waals surface area (Å²) in [4.78, 5) is 0. The molecule has 0 aromatic heterocycles. The molecule has 1 aliphatic rings. The molecule has 0 bridgehead atoms. The van der Waals surface area contributed by atoms with E-state index in [4.69, 9.17) is 4.74 Å². The van der Waals surface area contributed by atoms with Gasteiger partial charge in [0, 0.05) is 0 Å². The number of ether oxygens (including phenoxy) is 1. The lowest BCUT2D eigenvalue weighted by Gasteiger charge is -2.29. The van der Waals surface area contributed by atoms with Crippen molar-refractivity contribution in [2.24, 2.45) is 5.92 Å². The lowest BCUT2D eigenvalue weighted by molar-refractivity contribution is 0.303. The molecule has 0 unspecified atom stereocenters. The first-order valence-corrected chi connectivity index (χ1v) is 12.0. The van der Waals surface area contributed by atoms with Crippen LogP contribution < -0.4 is 4.74 Å². The summed E-state index contributed by atoms with van der Waals surface area (Å²) >= 11 is 0. The fourth-order valence-electron chi connectivity index (χ4n) is 4.77. The predicted octanol–water partition coefficient (Wildman–Crippen LogP) is 8.65. The van der Waals surface area contributed by atoms with E-state index in [0.717, 1.165) is 30.6 Å². The zero-order chi connectivity index (χ0) is 19.6. The Labute approximate surface area is 172 Å². The number of rotatable bonds is 11. The molecule has 0 spiro atoms. The van der Waals surface area contributed by atoms with Crippen molar-refractivity contribution in [1.29, 1.82) is 0 Å². The van der Waals surface area contributed by atoms with Crippen molar-refractivity contribution >= 4 is 10.8 Å². The highest BCUT2D eigenvalue weighted by Gasteiger charge is 2.22. The fourth-order valence-corrected chi connectivity index (χ4v) is 4.77. The molecule has 3 rings (SSSR count). The van der Waals surface area contributed by atoms with E-state index in [9.17, 15) is 0 Å². The second kappa shape index (κ2) is 11.5. The fraction of sp³-hybridized carbons (Fsp3) is 0.630. The highest BCUT2D eigenvalue weighted by atomic mass is 16.5. The van der Waals surface area contributed by atoms with Gasteiger partial charge in [0.25, 0.3) is 0 Å². The lowest BCUT2D eigenvalue weighted by atomic mass is 9.77. The third kappa shape index (κ3) is 6.26. The summed E-state index contributed by atoms with van der Waals surface area (Å²) in [5.41, 5.74) is 1.55. The van der Waals surface area contributed by atoms with Gasteiger partial charge >= 0.3 is 0 Å². The van der Waals surface area contributed by atoms with Crippen LogP contribution in [0.4, 0.5) is 0 Å². The van der Waals surface area contributed by atoms with E-state index in [2.05, 4.69) is 50.2 Å². The van der Waals surface area contributed by atoms with Crippen molar-refractivity contribution in [2.75, 3.05) is 6.61 Å². The van der Waals surface area contributed by atoms with Crippen molar-refractivity contribution in [3.63, 3.8) is 0 Å². The van der Waals surface area contributed by atoms with Crippen LogP contribution in [0, 0.1) is 5.92 Å². The van der Waals surface area contributed by atoms with Crippen LogP contribution in [-0.2, 0) is 0 Å². The zero-order valence-corrected chi connectivity index (χ0v) is 18.2. The van der Waals surface area contributed by atoms with Crippen molar-refractivity contribution in [3.05, 3.63) is 42.0 Å². The first kappa shape index (κ1) is 21.2. The van der Waals surface area contributed by atoms with Gasteiger partial charge in [0.2, 0.25) is 0 Å². The number of unbranched alkanes of at least 4 members (excludes halogenated alkanes) is 5. The Hall–Kier alpha value is -1.50. The first-order valence-electron chi connectivity index (χ1n) is 12.0. The van der Waals surface area contributed by atoms with E-state index in [1.807, 2.05) is 0 Å². The predicted molar refractivity (Wildman–Crippen MR) is 122 cm³/mol. The monoisotopic (exact) mass is 380 g/mol. The van der Waals surface area contributed by atoms with Gasteiger partial charge in [0.05, 0.1) is 6.61 Å². The molecular weight excluding hydrogens is 340 g/mol. The largest absolute Gasteiger partial charge is 0.494 e. The molecule has 0 heterocycles. The Morgan fingerprint density at radius 2 is 1.46 bits per heavy atom. The second-order valence-corrected chi connectivity index (χ2v) is 8.89. The van der Waals surface area contributed by atoms with Crippen LogP contribution in [0.1, 0.15) is 102 Å². The molecule has 154 valence electrons. The quantitative estimate of drug-likeness (QED) is 0.354. The van der Waals surface area contributed by atoms with E-state index in [1.165, 1.54) is 81.4 Å². The van der Waals surface area contributed by atoms with Crippen LogP contribution in [-0.4, -0.2) is 6.61 Å². The molecule has 0 saturated heterocycles. The van der Waals surface area contributed by atoms with Gasteiger partial charge in [0.1, 0.15) is 5.75 Å². The molecule has 1 heteroatoms. The molecule has 1 aliphatic carbocycles. The van der Waals surface area contributed by atoms with Gasteiger partial charge in [-0.05, 0) is 72.4 Å². The molecule has 1 fully saturated rings. The van der Waals surface area contributed by atoms with Crippen LogP contribution >= 0.6 is 0 Å². The maximum atomic E-state index is 5.96. The Balaban J connectivity index is 1.52. The molecule has 0 N–H and O–H groups in total. The van der Waals surface area contributed by atoms with Gasteiger partial charge in [-0.2, -0.15) is 0 Å². The van der Waals surface area contributed by atoms with Gasteiger partial charge in [-0.1, -0.05) is 83.1 Å². The molecule has 2 aromatic rings. The highest BCUT2D eigenvalue weighted by Crippen LogP contribution is 2.38. The molecular formula is C27H40O. The Morgan fingerprint density at radius 3 is 2.25 bits per heavy atom. The van der Waals surface area contributed by atoms with Crippen LogP contribution in [0.2, 0.25) is 0 Å².